The summed E-state index contributed by atoms with van der Waals surface area (Å²) in [6.45, 7) is 0. The minimum absolute atomic E-state index is 0.460. The Morgan fingerprint density at radius 3 is 2.65 bits per heavy atom. The summed E-state index contributed by atoms with van der Waals surface area (Å²) in [6.07, 6.45) is 5.08. The first-order chi connectivity index (χ1) is 9.78. The molecule has 6 nitrogen and oxygen atoms in total. The van der Waals surface area contributed by atoms with Crippen LogP contribution in [0.1, 0.15) is 0 Å². The summed E-state index contributed by atoms with van der Waals surface area (Å²) in [6, 6.07) is 7.64. The number of ether oxygens (including phenoxy) is 1. The first kappa shape index (κ1) is 12.7. The van der Waals surface area contributed by atoms with E-state index < -0.39 is 0 Å². The van der Waals surface area contributed by atoms with Crippen molar-refractivity contribution in [2.24, 2.45) is 0 Å². The molecule has 3 rings (SSSR count). The Labute approximate surface area is 123 Å². The number of rotatable bonds is 3. The van der Waals surface area contributed by atoms with Gasteiger partial charge in [0.1, 0.15) is 11.4 Å². The second-order valence-corrected chi connectivity index (χ2v) is 4.87. The molecule has 20 heavy (non-hydrogen) atoms. The van der Waals surface area contributed by atoms with Crippen molar-refractivity contribution < 1.29 is 4.74 Å². The second kappa shape index (κ2) is 5.38. The molecule has 1 aromatic carbocycles. The van der Waals surface area contributed by atoms with E-state index in [1.807, 2.05) is 24.3 Å². The van der Waals surface area contributed by atoms with E-state index >= 15 is 0 Å². The van der Waals surface area contributed by atoms with Gasteiger partial charge in [-0.2, -0.15) is 4.68 Å². The van der Waals surface area contributed by atoms with Gasteiger partial charge in [-0.15, -0.1) is 5.10 Å². The van der Waals surface area contributed by atoms with Crippen LogP contribution in [0.15, 0.2) is 47.3 Å². The third kappa shape index (κ3) is 2.39. The molecule has 0 amide bonds. The standard InChI is InChI=1S/C13H10BrN5O/c1-20-12-5-3-2-4-10(12)11-8-19(18-17-11)13-15-6-9(14)7-16-13/h2-8H,1H3. The maximum absolute atomic E-state index is 5.32. The average Bonchev–Trinajstić information content (AvgIpc) is 2.97. The number of nitrogens with zero attached hydrogens (tertiary/aromatic N) is 5. The lowest BCUT2D eigenvalue weighted by Crippen LogP contribution is -2.00. The Kier molecular flexibility index (Phi) is 3.42. The van der Waals surface area contributed by atoms with E-state index in [1.54, 1.807) is 25.7 Å². The van der Waals surface area contributed by atoms with Crippen molar-refractivity contribution >= 4 is 15.9 Å². The molecule has 3 aromatic rings. The fourth-order valence-corrected chi connectivity index (χ4v) is 1.97. The highest BCUT2D eigenvalue weighted by Crippen LogP contribution is 2.27. The molecule has 100 valence electrons. The molecule has 0 atom stereocenters. The van der Waals surface area contributed by atoms with E-state index in [2.05, 4.69) is 36.2 Å². The van der Waals surface area contributed by atoms with Crippen LogP contribution < -0.4 is 4.74 Å². The number of halogens is 1. The second-order valence-electron chi connectivity index (χ2n) is 3.95. The number of aromatic nitrogens is 5. The SMILES string of the molecule is COc1ccccc1-c1cn(-c2ncc(Br)cn2)nn1. The highest BCUT2D eigenvalue weighted by molar-refractivity contribution is 9.10. The molecule has 0 saturated carbocycles. The van der Waals surface area contributed by atoms with Crippen LogP contribution in [0, 0.1) is 0 Å². The monoisotopic (exact) mass is 331 g/mol. The highest BCUT2D eigenvalue weighted by atomic mass is 79.9. The molecule has 0 unspecified atom stereocenters. The minimum atomic E-state index is 0.460. The summed E-state index contributed by atoms with van der Waals surface area (Å²) >= 11 is 3.29. The van der Waals surface area contributed by atoms with Crippen LogP contribution in [0.5, 0.6) is 5.75 Å². The van der Waals surface area contributed by atoms with Crippen LogP contribution in [0.4, 0.5) is 0 Å². The maximum atomic E-state index is 5.32. The molecule has 0 bridgehead atoms. The van der Waals surface area contributed by atoms with Gasteiger partial charge in [0.25, 0.3) is 5.95 Å². The first-order valence-electron chi connectivity index (χ1n) is 5.81. The number of hydrogen-bond acceptors (Lipinski definition) is 5. The van der Waals surface area contributed by atoms with Gasteiger partial charge in [-0.25, -0.2) is 9.97 Å². The van der Waals surface area contributed by atoms with E-state index in [0.29, 0.717) is 11.6 Å². The van der Waals surface area contributed by atoms with Crippen LogP contribution in [0.3, 0.4) is 0 Å². The predicted molar refractivity (Wildman–Crippen MR) is 76.6 cm³/mol. The van der Waals surface area contributed by atoms with Gasteiger partial charge in [-0.3, -0.25) is 0 Å². The number of benzene rings is 1. The molecule has 2 heterocycles. The summed E-state index contributed by atoms with van der Waals surface area (Å²) in [7, 11) is 1.63. The predicted octanol–water partition coefficient (Wildman–Crippen LogP) is 2.50. The zero-order valence-corrected chi connectivity index (χ0v) is 12.1. The molecular formula is C13H10BrN5O. The molecule has 0 radical (unpaired) electrons. The smallest absolute Gasteiger partial charge is 0.251 e. The van der Waals surface area contributed by atoms with E-state index in [-0.39, 0.29) is 0 Å². The molecule has 0 aliphatic carbocycles. The van der Waals surface area contributed by atoms with Crippen LogP contribution in [-0.4, -0.2) is 32.1 Å². The topological polar surface area (TPSA) is 65.7 Å². The first-order valence-corrected chi connectivity index (χ1v) is 6.61. The summed E-state index contributed by atoms with van der Waals surface area (Å²) in [5.41, 5.74) is 1.58. The van der Waals surface area contributed by atoms with Crippen molar-refractivity contribution in [3.8, 4) is 23.0 Å². The normalized spacial score (nSPS) is 10.5. The summed E-state index contributed by atoms with van der Waals surface area (Å²) in [5, 5.41) is 8.17. The Morgan fingerprint density at radius 1 is 1.15 bits per heavy atom. The molecule has 0 aliphatic rings. The van der Waals surface area contributed by atoms with Gasteiger partial charge < -0.3 is 4.74 Å². The van der Waals surface area contributed by atoms with Crippen molar-refractivity contribution in [1.82, 2.24) is 25.0 Å². The third-order valence-electron chi connectivity index (χ3n) is 2.69. The largest absolute Gasteiger partial charge is 0.496 e. The molecule has 0 saturated heterocycles. The fraction of sp³-hybridized carbons (Fsp3) is 0.0769. The zero-order valence-electron chi connectivity index (χ0n) is 10.6. The zero-order chi connectivity index (χ0) is 13.9. The van der Waals surface area contributed by atoms with Crippen LogP contribution in [-0.2, 0) is 0 Å². The number of para-hydroxylation sites is 1. The molecular weight excluding hydrogens is 322 g/mol. The van der Waals surface area contributed by atoms with Crippen molar-refractivity contribution in [2.75, 3.05) is 7.11 Å². The number of hydrogen-bond donors (Lipinski definition) is 0. The van der Waals surface area contributed by atoms with Crippen LogP contribution >= 0.6 is 15.9 Å². The van der Waals surface area contributed by atoms with Crippen molar-refractivity contribution in [3.63, 3.8) is 0 Å². The highest BCUT2D eigenvalue weighted by Gasteiger charge is 2.10. The molecule has 7 heteroatoms. The van der Waals surface area contributed by atoms with Crippen LogP contribution in [0.25, 0.3) is 17.2 Å². The van der Waals surface area contributed by atoms with Gasteiger partial charge in [0.2, 0.25) is 0 Å². The van der Waals surface area contributed by atoms with Gasteiger partial charge in [-0.05, 0) is 28.1 Å². The molecule has 0 spiro atoms. The summed E-state index contributed by atoms with van der Waals surface area (Å²) in [5.74, 6) is 1.21. The lowest BCUT2D eigenvalue weighted by molar-refractivity contribution is 0.416. The lowest BCUT2D eigenvalue weighted by atomic mass is 10.1. The van der Waals surface area contributed by atoms with Gasteiger partial charge >= 0.3 is 0 Å². The Hall–Kier alpha value is -2.28. The van der Waals surface area contributed by atoms with Crippen molar-refractivity contribution in [3.05, 3.63) is 47.3 Å². The van der Waals surface area contributed by atoms with Gasteiger partial charge in [0.05, 0.1) is 17.8 Å². The average molecular weight is 332 g/mol. The number of methoxy groups -OCH3 is 1. The summed E-state index contributed by atoms with van der Waals surface area (Å²) < 4.78 is 7.65. The Bertz CT molecular complexity index is 726. The van der Waals surface area contributed by atoms with E-state index in [0.717, 1.165) is 15.8 Å². The van der Waals surface area contributed by atoms with Gasteiger partial charge in [-0.1, -0.05) is 17.3 Å². The maximum Gasteiger partial charge on any atom is 0.251 e. The third-order valence-corrected chi connectivity index (χ3v) is 3.10. The molecule has 0 N–H and O–H groups in total. The van der Waals surface area contributed by atoms with Crippen LogP contribution in [0.2, 0.25) is 0 Å². The molecule has 0 aliphatic heterocycles. The van der Waals surface area contributed by atoms with Gasteiger partial charge in [0.15, 0.2) is 0 Å². The molecule has 0 fully saturated rings. The summed E-state index contributed by atoms with van der Waals surface area (Å²) in [4.78, 5) is 8.34. The Morgan fingerprint density at radius 2 is 1.90 bits per heavy atom. The lowest BCUT2D eigenvalue weighted by Gasteiger charge is -2.04. The van der Waals surface area contributed by atoms with Crippen molar-refractivity contribution in [1.29, 1.82) is 0 Å². The Balaban J connectivity index is 2.00. The van der Waals surface area contributed by atoms with E-state index in [1.165, 1.54) is 4.68 Å². The van der Waals surface area contributed by atoms with E-state index in [9.17, 15) is 0 Å². The van der Waals surface area contributed by atoms with Crippen molar-refractivity contribution in [2.45, 2.75) is 0 Å². The minimum Gasteiger partial charge on any atom is -0.496 e. The van der Waals surface area contributed by atoms with Gasteiger partial charge in [0, 0.05) is 18.0 Å². The quantitative estimate of drug-likeness (QED) is 0.737. The molecule has 2 aromatic heterocycles. The van der Waals surface area contributed by atoms with E-state index in [4.69, 9.17) is 4.74 Å². The fourth-order valence-electron chi connectivity index (χ4n) is 1.76.